The largest absolute Gasteiger partial charge is 0.464 e. The molecular formula is C10H7BrINO2. The van der Waals surface area contributed by atoms with Gasteiger partial charge >= 0.3 is 5.97 Å². The molecule has 0 saturated carbocycles. The van der Waals surface area contributed by atoms with Crippen LogP contribution in [0.25, 0.3) is 10.9 Å². The number of benzene rings is 1. The Morgan fingerprint density at radius 2 is 2.20 bits per heavy atom. The number of carbonyl (C=O) groups excluding carboxylic acids is 1. The van der Waals surface area contributed by atoms with Gasteiger partial charge < -0.3 is 4.74 Å². The second-order valence-electron chi connectivity index (χ2n) is 3.01. The number of hydrogen-bond acceptors (Lipinski definition) is 2. The van der Waals surface area contributed by atoms with Gasteiger partial charge in [0.15, 0.2) is 0 Å². The predicted octanol–water partition coefficient (Wildman–Crippen LogP) is 3.19. The highest BCUT2D eigenvalue weighted by Gasteiger charge is 2.14. The van der Waals surface area contributed by atoms with Crippen molar-refractivity contribution in [1.29, 1.82) is 0 Å². The number of fused-ring (bicyclic) bond motifs is 1. The summed E-state index contributed by atoms with van der Waals surface area (Å²) >= 11 is 5.57. The molecule has 3 nitrogen and oxygen atoms in total. The molecule has 1 heterocycles. The standard InChI is InChI=1S/C10H7BrINO2/c1-15-10(14)9-5-6-4-7(12)2-3-8(6)13(9)11/h2-5H,1H3. The molecule has 0 atom stereocenters. The third kappa shape index (κ3) is 1.90. The summed E-state index contributed by atoms with van der Waals surface area (Å²) in [6.45, 7) is 0. The highest BCUT2D eigenvalue weighted by Crippen LogP contribution is 2.24. The van der Waals surface area contributed by atoms with Crippen LogP contribution in [-0.2, 0) is 4.74 Å². The Balaban J connectivity index is 2.69. The Labute approximate surface area is 109 Å². The molecule has 0 N–H and O–H groups in total. The van der Waals surface area contributed by atoms with Crippen LogP contribution >= 0.6 is 38.7 Å². The van der Waals surface area contributed by atoms with E-state index in [0.29, 0.717) is 5.69 Å². The Morgan fingerprint density at radius 3 is 2.87 bits per heavy atom. The number of esters is 1. The van der Waals surface area contributed by atoms with Crippen LogP contribution in [0.2, 0.25) is 0 Å². The van der Waals surface area contributed by atoms with Crippen molar-refractivity contribution in [3.05, 3.63) is 33.5 Å². The van der Waals surface area contributed by atoms with Crippen molar-refractivity contribution in [2.75, 3.05) is 7.11 Å². The fourth-order valence-corrected chi connectivity index (χ4v) is 2.48. The molecule has 15 heavy (non-hydrogen) atoms. The maximum atomic E-state index is 11.4. The van der Waals surface area contributed by atoms with E-state index < -0.39 is 0 Å². The minimum atomic E-state index is -0.349. The van der Waals surface area contributed by atoms with Crippen molar-refractivity contribution in [2.45, 2.75) is 0 Å². The summed E-state index contributed by atoms with van der Waals surface area (Å²) in [5.41, 5.74) is 1.45. The van der Waals surface area contributed by atoms with E-state index in [1.807, 2.05) is 18.2 Å². The number of aromatic nitrogens is 1. The van der Waals surface area contributed by atoms with Crippen LogP contribution in [0.5, 0.6) is 0 Å². The summed E-state index contributed by atoms with van der Waals surface area (Å²) in [7, 11) is 1.37. The summed E-state index contributed by atoms with van der Waals surface area (Å²) in [6.07, 6.45) is 0. The van der Waals surface area contributed by atoms with Crippen molar-refractivity contribution in [3.63, 3.8) is 0 Å². The molecule has 1 aromatic heterocycles. The normalized spacial score (nSPS) is 10.6. The number of nitrogens with zero attached hydrogens (tertiary/aromatic N) is 1. The zero-order valence-electron chi connectivity index (χ0n) is 7.83. The SMILES string of the molecule is COC(=O)c1cc2cc(I)ccc2n1Br. The lowest BCUT2D eigenvalue weighted by molar-refractivity contribution is 0.0594. The first-order valence-corrected chi connectivity index (χ1v) is 5.98. The summed E-state index contributed by atoms with van der Waals surface area (Å²) in [5.74, 6) is -0.349. The van der Waals surface area contributed by atoms with Gasteiger partial charge in [0.1, 0.15) is 5.69 Å². The molecule has 0 unspecified atom stereocenters. The van der Waals surface area contributed by atoms with Crippen LogP contribution in [0.15, 0.2) is 24.3 Å². The van der Waals surface area contributed by atoms with Crippen LogP contribution in [0.1, 0.15) is 10.5 Å². The van der Waals surface area contributed by atoms with Gasteiger partial charge in [0, 0.05) is 8.96 Å². The van der Waals surface area contributed by atoms with Gasteiger partial charge in [-0.2, -0.15) is 0 Å². The lowest BCUT2D eigenvalue weighted by Gasteiger charge is -1.99. The fourth-order valence-electron chi connectivity index (χ4n) is 1.40. The summed E-state index contributed by atoms with van der Waals surface area (Å²) in [5, 5.41) is 1.01. The maximum absolute atomic E-state index is 11.4. The molecular weight excluding hydrogens is 373 g/mol. The molecule has 2 aromatic rings. The van der Waals surface area contributed by atoms with Gasteiger partial charge in [-0.1, -0.05) is 0 Å². The van der Waals surface area contributed by atoms with Crippen LogP contribution in [0.4, 0.5) is 0 Å². The van der Waals surface area contributed by atoms with E-state index in [0.717, 1.165) is 14.5 Å². The third-order valence-corrected chi connectivity index (χ3v) is 3.53. The predicted molar refractivity (Wildman–Crippen MR) is 70.3 cm³/mol. The zero-order chi connectivity index (χ0) is 11.0. The Hall–Kier alpha value is -0.560. The molecule has 0 spiro atoms. The molecule has 78 valence electrons. The third-order valence-electron chi connectivity index (χ3n) is 2.10. The van der Waals surface area contributed by atoms with Crippen molar-refractivity contribution in [1.82, 2.24) is 3.59 Å². The molecule has 0 amide bonds. The van der Waals surface area contributed by atoms with E-state index in [1.54, 1.807) is 9.66 Å². The van der Waals surface area contributed by atoms with Gasteiger partial charge in [-0.3, -0.25) is 3.59 Å². The van der Waals surface area contributed by atoms with E-state index in [2.05, 4.69) is 43.5 Å². The van der Waals surface area contributed by atoms with E-state index in [1.165, 1.54) is 7.11 Å². The first kappa shape index (κ1) is 10.9. The Morgan fingerprint density at radius 1 is 1.47 bits per heavy atom. The minimum absolute atomic E-state index is 0.349. The fraction of sp³-hybridized carbons (Fsp3) is 0.100. The highest BCUT2D eigenvalue weighted by molar-refractivity contribution is 14.1. The number of hydrogen-bond donors (Lipinski definition) is 0. The van der Waals surface area contributed by atoms with Crippen molar-refractivity contribution >= 4 is 55.6 Å². The Bertz CT molecular complexity index is 535. The first-order valence-electron chi connectivity index (χ1n) is 4.19. The molecule has 0 aliphatic carbocycles. The number of rotatable bonds is 1. The lowest BCUT2D eigenvalue weighted by Crippen LogP contribution is -2.03. The summed E-state index contributed by atoms with van der Waals surface area (Å²) < 4.78 is 7.48. The van der Waals surface area contributed by atoms with E-state index >= 15 is 0 Å². The Kier molecular flexibility index (Phi) is 3.01. The molecule has 0 radical (unpaired) electrons. The number of methoxy groups -OCH3 is 1. The van der Waals surface area contributed by atoms with Gasteiger partial charge in [-0.25, -0.2) is 4.79 Å². The van der Waals surface area contributed by atoms with Crippen LogP contribution in [-0.4, -0.2) is 16.7 Å². The minimum Gasteiger partial charge on any atom is -0.464 e. The average Bonchev–Trinajstić information content (AvgIpc) is 2.54. The maximum Gasteiger partial charge on any atom is 0.355 e. The number of ether oxygens (including phenoxy) is 1. The molecule has 0 fully saturated rings. The van der Waals surface area contributed by atoms with E-state index in [-0.39, 0.29) is 5.97 Å². The summed E-state index contributed by atoms with van der Waals surface area (Å²) in [6, 6.07) is 7.76. The first-order chi connectivity index (χ1) is 7.13. The topological polar surface area (TPSA) is 31.2 Å². The van der Waals surface area contributed by atoms with Crippen LogP contribution in [0.3, 0.4) is 0 Å². The summed E-state index contributed by atoms with van der Waals surface area (Å²) in [4.78, 5) is 11.4. The highest BCUT2D eigenvalue weighted by atomic mass is 127. The second-order valence-corrected chi connectivity index (χ2v) is 4.96. The van der Waals surface area contributed by atoms with Gasteiger partial charge in [0.2, 0.25) is 0 Å². The molecule has 0 bridgehead atoms. The quantitative estimate of drug-likeness (QED) is 0.562. The monoisotopic (exact) mass is 379 g/mol. The van der Waals surface area contributed by atoms with E-state index in [4.69, 9.17) is 0 Å². The van der Waals surface area contributed by atoms with Crippen LogP contribution in [0, 0.1) is 3.57 Å². The van der Waals surface area contributed by atoms with Gasteiger partial charge in [0.05, 0.1) is 28.8 Å². The van der Waals surface area contributed by atoms with Gasteiger partial charge in [0.25, 0.3) is 0 Å². The van der Waals surface area contributed by atoms with Gasteiger partial charge in [-0.05, 0) is 46.9 Å². The van der Waals surface area contributed by atoms with Crippen molar-refractivity contribution < 1.29 is 9.53 Å². The van der Waals surface area contributed by atoms with Crippen molar-refractivity contribution in [2.24, 2.45) is 0 Å². The van der Waals surface area contributed by atoms with Crippen LogP contribution < -0.4 is 0 Å². The zero-order valence-corrected chi connectivity index (χ0v) is 11.6. The molecule has 0 aliphatic rings. The van der Waals surface area contributed by atoms with Gasteiger partial charge in [-0.15, -0.1) is 0 Å². The smallest absolute Gasteiger partial charge is 0.355 e. The lowest BCUT2D eigenvalue weighted by atomic mass is 10.2. The molecule has 0 saturated heterocycles. The number of halogens is 2. The molecule has 0 aliphatic heterocycles. The number of carbonyl (C=O) groups is 1. The van der Waals surface area contributed by atoms with Crippen molar-refractivity contribution in [3.8, 4) is 0 Å². The van der Waals surface area contributed by atoms with E-state index in [9.17, 15) is 4.79 Å². The molecule has 2 rings (SSSR count). The molecule has 1 aromatic carbocycles. The average molecular weight is 380 g/mol. The second kappa shape index (κ2) is 4.13. The molecule has 5 heteroatoms.